The second-order valence-electron chi connectivity index (χ2n) is 5.02. The first-order valence-electron chi connectivity index (χ1n) is 6.75. The van der Waals surface area contributed by atoms with E-state index < -0.39 is 5.97 Å². The van der Waals surface area contributed by atoms with Gasteiger partial charge in [0.05, 0.1) is 17.4 Å². The molecule has 1 aromatic heterocycles. The van der Waals surface area contributed by atoms with Gasteiger partial charge in [0, 0.05) is 11.8 Å². The predicted octanol–water partition coefficient (Wildman–Crippen LogP) is 2.52. The lowest BCUT2D eigenvalue weighted by Crippen LogP contribution is -2.15. The summed E-state index contributed by atoms with van der Waals surface area (Å²) in [4.78, 5) is 27.2. The Balaban J connectivity index is 1.85. The minimum absolute atomic E-state index is 0.0273. The molecule has 1 aliphatic rings. The highest BCUT2D eigenvalue weighted by atomic mass is 16.4. The van der Waals surface area contributed by atoms with Crippen LogP contribution in [-0.4, -0.2) is 22.0 Å². The molecule has 0 atom stereocenters. The van der Waals surface area contributed by atoms with Crippen molar-refractivity contribution in [2.75, 3.05) is 5.32 Å². The Kier molecular flexibility index (Phi) is 3.39. The van der Waals surface area contributed by atoms with Gasteiger partial charge in [0.25, 0.3) is 5.91 Å². The van der Waals surface area contributed by atoms with Crippen LogP contribution < -0.4 is 5.32 Å². The summed E-state index contributed by atoms with van der Waals surface area (Å²) in [5.74, 6) is -1.41. The molecule has 0 unspecified atom stereocenters. The molecule has 5 nitrogen and oxygen atoms in total. The number of carbonyl (C=O) groups is 2. The normalized spacial score (nSPS) is 12.8. The van der Waals surface area contributed by atoms with E-state index in [1.807, 2.05) is 12.1 Å². The number of carboxylic acids is 1. The molecular formula is C16H14N2O3. The van der Waals surface area contributed by atoms with Crippen molar-refractivity contribution in [3.63, 3.8) is 0 Å². The molecule has 1 heterocycles. The van der Waals surface area contributed by atoms with Crippen LogP contribution in [0.3, 0.4) is 0 Å². The quantitative estimate of drug-likeness (QED) is 0.906. The van der Waals surface area contributed by atoms with E-state index in [4.69, 9.17) is 5.11 Å². The van der Waals surface area contributed by atoms with Gasteiger partial charge in [-0.1, -0.05) is 6.07 Å². The summed E-state index contributed by atoms with van der Waals surface area (Å²) >= 11 is 0. The minimum atomic E-state index is -1.10. The average Bonchev–Trinajstić information content (AvgIpc) is 2.94. The SMILES string of the molecule is O=C(Nc1cnccc1C(=O)O)c1ccc2c(c1)CCC2. The van der Waals surface area contributed by atoms with Crippen LogP contribution in [0, 0.1) is 0 Å². The second-order valence-corrected chi connectivity index (χ2v) is 5.02. The van der Waals surface area contributed by atoms with Crippen molar-refractivity contribution in [2.45, 2.75) is 19.3 Å². The van der Waals surface area contributed by atoms with Gasteiger partial charge in [-0.3, -0.25) is 9.78 Å². The van der Waals surface area contributed by atoms with E-state index in [2.05, 4.69) is 10.3 Å². The molecule has 0 fully saturated rings. The summed E-state index contributed by atoms with van der Waals surface area (Å²) in [6.45, 7) is 0. The van der Waals surface area contributed by atoms with Crippen molar-refractivity contribution in [3.8, 4) is 0 Å². The number of anilines is 1. The zero-order valence-electron chi connectivity index (χ0n) is 11.3. The predicted molar refractivity (Wildman–Crippen MR) is 77.6 cm³/mol. The van der Waals surface area contributed by atoms with Crippen LogP contribution in [0.4, 0.5) is 5.69 Å². The Hall–Kier alpha value is -2.69. The number of aromatic carboxylic acids is 1. The third-order valence-corrected chi connectivity index (χ3v) is 3.66. The van der Waals surface area contributed by atoms with Gasteiger partial charge in [-0.25, -0.2) is 4.79 Å². The molecule has 0 bridgehead atoms. The third kappa shape index (κ3) is 2.63. The number of aromatic nitrogens is 1. The van der Waals surface area contributed by atoms with E-state index in [1.54, 1.807) is 6.07 Å². The molecule has 106 valence electrons. The van der Waals surface area contributed by atoms with Crippen molar-refractivity contribution in [1.29, 1.82) is 0 Å². The van der Waals surface area contributed by atoms with Crippen LogP contribution in [0.2, 0.25) is 0 Å². The molecule has 1 aliphatic carbocycles. The Morgan fingerprint density at radius 1 is 1.14 bits per heavy atom. The maximum atomic E-state index is 12.3. The van der Waals surface area contributed by atoms with Crippen molar-refractivity contribution >= 4 is 17.6 Å². The number of amides is 1. The average molecular weight is 282 g/mol. The largest absolute Gasteiger partial charge is 0.478 e. The van der Waals surface area contributed by atoms with Gasteiger partial charge in [-0.05, 0) is 48.6 Å². The molecular weight excluding hydrogens is 268 g/mol. The van der Waals surface area contributed by atoms with E-state index >= 15 is 0 Å². The number of pyridine rings is 1. The molecule has 1 amide bonds. The van der Waals surface area contributed by atoms with Crippen molar-refractivity contribution in [1.82, 2.24) is 4.98 Å². The highest BCUT2D eigenvalue weighted by molar-refractivity contribution is 6.07. The first-order chi connectivity index (χ1) is 10.1. The Morgan fingerprint density at radius 2 is 1.95 bits per heavy atom. The zero-order chi connectivity index (χ0) is 14.8. The molecule has 3 rings (SSSR count). The van der Waals surface area contributed by atoms with Gasteiger partial charge in [0.15, 0.2) is 0 Å². The Labute approximate surface area is 121 Å². The first kappa shape index (κ1) is 13.3. The summed E-state index contributed by atoms with van der Waals surface area (Å²) in [7, 11) is 0. The molecule has 1 aromatic carbocycles. The molecule has 0 spiro atoms. The number of hydrogen-bond acceptors (Lipinski definition) is 3. The van der Waals surface area contributed by atoms with E-state index in [0.29, 0.717) is 5.56 Å². The van der Waals surface area contributed by atoms with Gasteiger partial charge in [0.2, 0.25) is 0 Å². The van der Waals surface area contributed by atoms with Crippen molar-refractivity contribution < 1.29 is 14.7 Å². The van der Waals surface area contributed by atoms with Gasteiger partial charge in [0.1, 0.15) is 0 Å². The number of nitrogens with one attached hydrogen (secondary N) is 1. The van der Waals surface area contributed by atoms with Gasteiger partial charge < -0.3 is 10.4 Å². The first-order valence-corrected chi connectivity index (χ1v) is 6.75. The fraction of sp³-hybridized carbons (Fsp3) is 0.188. The molecule has 0 saturated heterocycles. The van der Waals surface area contributed by atoms with Gasteiger partial charge >= 0.3 is 5.97 Å². The lowest BCUT2D eigenvalue weighted by atomic mass is 10.1. The van der Waals surface area contributed by atoms with Crippen molar-refractivity contribution in [2.24, 2.45) is 0 Å². The lowest BCUT2D eigenvalue weighted by molar-refractivity contribution is 0.0698. The number of aryl methyl sites for hydroxylation is 2. The standard InChI is InChI=1S/C16H14N2O3/c19-15(12-5-4-10-2-1-3-11(10)8-12)18-14-9-17-7-6-13(14)16(20)21/h4-9H,1-3H2,(H,18,19)(H,20,21). The molecule has 5 heteroatoms. The number of nitrogens with zero attached hydrogens (tertiary/aromatic N) is 1. The summed E-state index contributed by atoms with van der Waals surface area (Å²) in [5, 5.41) is 11.7. The van der Waals surface area contributed by atoms with E-state index in [1.165, 1.54) is 29.6 Å². The molecule has 0 saturated carbocycles. The highest BCUT2D eigenvalue weighted by Crippen LogP contribution is 2.23. The van der Waals surface area contributed by atoms with E-state index in [9.17, 15) is 9.59 Å². The fourth-order valence-electron chi connectivity index (χ4n) is 2.59. The summed E-state index contributed by atoms with van der Waals surface area (Å²) in [6, 6.07) is 6.99. The molecule has 2 N–H and O–H groups in total. The number of hydrogen-bond donors (Lipinski definition) is 2. The summed E-state index contributed by atoms with van der Waals surface area (Å²) in [5.41, 5.74) is 3.26. The summed E-state index contributed by atoms with van der Waals surface area (Å²) < 4.78 is 0. The van der Waals surface area contributed by atoms with Crippen LogP contribution in [0.15, 0.2) is 36.7 Å². The van der Waals surface area contributed by atoms with Crippen LogP contribution in [-0.2, 0) is 12.8 Å². The summed E-state index contributed by atoms with van der Waals surface area (Å²) in [6.07, 6.45) is 5.89. The lowest BCUT2D eigenvalue weighted by Gasteiger charge is -2.09. The van der Waals surface area contributed by atoms with Gasteiger partial charge in [-0.2, -0.15) is 0 Å². The Morgan fingerprint density at radius 3 is 2.76 bits per heavy atom. The van der Waals surface area contributed by atoms with Crippen molar-refractivity contribution in [3.05, 3.63) is 58.9 Å². The number of fused-ring (bicyclic) bond motifs is 1. The van der Waals surface area contributed by atoms with Crippen LogP contribution >= 0.6 is 0 Å². The van der Waals surface area contributed by atoms with Gasteiger partial charge in [-0.15, -0.1) is 0 Å². The number of rotatable bonds is 3. The number of benzene rings is 1. The van der Waals surface area contributed by atoms with E-state index in [0.717, 1.165) is 19.3 Å². The van der Waals surface area contributed by atoms with E-state index in [-0.39, 0.29) is 17.2 Å². The maximum absolute atomic E-state index is 12.3. The van der Waals surface area contributed by atoms with Crippen LogP contribution in [0.25, 0.3) is 0 Å². The highest BCUT2D eigenvalue weighted by Gasteiger charge is 2.16. The monoisotopic (exact) mass is 282 g/mol. The fourth-order valence-corrected chi connectivity index (χ4v) is 2.59. The molecule has 0 aliphatic heterocycles. The Bertz CT molecular complexity index is 725. The topological polar surface area (TPSA) is 79.3 Å². The minimum Gasteiger partial charge on any atom is -0.478 e. The van der Waals surface area contributed by atoms with Crippen LogP contribution in [0.1, 0.15) is 38.3 Å². The smallest absolute Gasteiger partial charge is 0.337 e. The zero-order valence-corrected chi connectivity index (χ0v) is 11.3. The maximum Gasteiger partial charge on any atom is 0.337 e. The second kappa shape index (κ2) is 5.36. The molecule has 2 aromatic rings. The third-order valence-electron chi connectivity index (χ3n) is 3.66. The molecule has 21 heavy (non-hydrogen) atoms. The van der Waals surface area contributed by atoms with Crippen LogP contribution in [0.5, 0.6) is 0 Å². The number of carboxylic acid groups (broad SMARTS) is 1. The number of carbonyl (C=O) groups excluding carboxylic acids is 1. The molecule has 0 radical (unpaired) electrons.